The van der Waals surface area contributed by atoms with Crippen molar-refractivity contribution >= 4 is 39.7 Å². The maximum absolute atomic E-state index is 9.42. The molecule has 0 bridgehead atoms. The summed E-state index contributed by atoms with van der Waals surface area (Å²) in [6.07, 6.45) is 0. The molecule has 0 radical (unpaired) electrons. The average Bonchev–Trinajstić information content (AvgIpc) is 2.40. The molecule has 0 aromatic heterocycles. The highest BCUT2D eigenvalue weighted by Crippen LogP contribution is 2.35. The van der Waals surface area contributed by atoms with E-state index in [4.69, 9.17) is 5.73 Å². The second-order valence-electron chi connectivity index (χ2n) is 5.26. The molecule has 0 fully saturated rings. The number of fused-ring (bicyclic) bond motifs is 1. The number of benzene rings is 2. The zero-order chi connectivity index (χ0) is 13.4. The number of anilines is 1. The summed E-state index contributed by atoms with van der Waals surface area (Å²) >= 11 is 0. The van der Waals surface area contributed by atoms with Crippen molar-refractivity contribution in [2.45, 2.75) is 12.5 Å². The molecule has 1 heterocycles. The lowest BCUT2D eigenvalue weighted by Gasteiger charge is -2.33. The maximum atomic E-state index is 9.42. The van der Waals surface area contributed by atoms with Crippen molar-refractivity contribution in [1.82, 2.24) is 4.90 Å². The second kappa shape index (κ2) is 7.29. The Hall–Kier alpha value is -1.04. The first-order valence-corrected chi connectivity index (χ1v) is 6.50. The van der Waals surface area contributed by atoms with Gasteiger partial charge in [0.1, 0.15) is 5.75 Å². The minimum atomic E-state index is 0. The first-order valence-electron chi connectivity index (χ1n) is 6.50. The number of nitrogen functional groups attached to an aromatic ring is 1. The van der Waals surface area contributed by atoms with Crippen LogP contribution in [0.3, 0.4) is 0 Å². The molecule has 3 N–H and O–H groups in total. The molecule has 21 heavy (non-hydrogen) atoms. The van der Waals surface area contributed by atoms with Crippen LogP contribution < -0.4 is 5.73 Å². The van der Waals surface area contributed by atoms with Crippen molar-refractivity contribution in [3.05, 3.63) is 59.2 Å². The minimum absolute atomic E-state index is 0. The van der Waals surface area contributed by atoms with Crippen LogP contribution in [0.2, 0.25) is 0 Å². The molecule has 0 spiro atoms. The first-order chi connectivity index (χ1) is 9.15. The number of nitrogens with zero attached hydrogens (tertiary/aromatic N) is 1. The summed E-state index contributed by atoms with van der Waals surface area (Å²) < 4.78 is 0. The quantitative estimate of drug-likeness (QED) is 0.698. The third kappa shape index (κ3) is 3.59. The fraction of sp³-hybridized carbons (Fsp3) is 0.250. The Balaban J connectivity index is 0.00000110. The zero-order valence-electron chi connectivity index (χ0n) is 11.8. The molecule has 1 atom stereocenters. The highest BCUT2D eigenvalue weighted by Gasteiger charge is 2.25. The molecule has 0 saturated heterocycles. The largest absolute Gasteiger partial charge is 0.508 e. The van der Waals surface area contributed by atoms with Gasteiger partial charge in [-0.1, -0.05) is 24.3 Å². The number of likely N-dealkylation sites (N-methyl/N-ethyl adjacent to an activating group) is 1. The van der Waals surface area contributed by atoms with Crippen LogP contribution in [0.5, 0.6) is 5.75 Å². The van der Waals surface area contributed by atoms with Gasteiger partial charge >= 0.3 is 0 Å². The van der Waals surface area contributed by atoms with Crippen molar-refractivity contribution in [3.8, 4) is 5.75 Å². The predicted octanol–water partition coefficient (Wildman–Crippen LogP) is 3.71. The number of phenols is 1. The zero-order valence-corrected chi connectivity index (χ0v) is 15.2. The topological polar surface area (TPSA) is 49.5 Å². The number of nitrogens with two attached hydrogens (primary N) is 1. The van der Waals surface area contributed by atoms with E-state index >= 15 is 0 Å². The number of phenolic OH excluding ortho intramolecular Hbond substituents is 1. The van der Waals surface area contributed by atoms with Gasteiger partial charge in [0.25, 0.3) is 0 Å². The lowest BCUT2D eigenvalue weighted by atomic mass is 9.84. The summed E-state index contributed by atoms with van der Waals surface area (Å²) in [5.41, 5.74) is 10.7. The van der Waals surface area contributed by atoms with Crippen LogP contribution >= 0.6 is 34.0 Å². The Bertz CT molecular complexity index is 602. The van der Waals surface area contributed by atoms with Crippen LogP contribution in [0.25, 0.3) is 0 Å². The highest BCUT2D eigenvalue weighted by molar-refractivity contribution is 8.93. The molecule has 5 heteroatoms. The van der Waals surface area contributed by atoms with Crippen molar-refractivity contribution in [2.24, 2.45) is 0 Å². The number of aromatic hydroxyl groups is 1. The molecule has 0 saturated carbocycles. The monoisotopic (exact) mass is 414 g/mol. The summed E-state index contributed by atoms with van der Waals surface area (Å²) in [6.45, 7) is 1.87. The van der Waals surface area contributed by atoms with E-state index in [1.54, 1.807) is 12.1 Å². The van der Waals surface area contributed by atoms with Crippen LogP contribution in [0.4, 0.5) is 5.69 Å². The summed E-state index contributed by atoms with van der Waals surface area (Å²) in [4.78, 5) is 2.29. The third-order valence-electron chi connectivity index (χ3n) is 3.84. The van der Waals surface area contributed by atoms with Crippen molar-refractivity contribution in [2.75, 3.05) is 19.3 Å². The fourth-order valence-electron chi connectivity index (χ4n) is 2.87. The third-order valence-corrected chi connectivity index (χ3v) is 3.84. The van der Waals surface area contributed by atoms with Gasteiger partial charge in [-0.15, -0.1) is 34.0 Å². The SMILES string of the molecule is Br.Br.CN1Cc2c(N)cccc2C(c2ccc(O)cc2)C1. The molecule has 3 rings (SSSR count). The molecule has 114 valence electrons. The minimum Gasteiger partial charge on any atom is -0.508 e. The van der Waals surface area contributed by atoms with Gasteiger partial charge in [-0.25, -0.2) is 0 Å². The number of hydrogen-bond acceptors (Lipinski definition) is 3. The Morgan fingerprint density at radius 1 is 1.10 bits per heavy atom. The van der Waals surface area contributed by atoms with Crippen LogP contribution in [0, 0.1) is 0 Å². The summed E-state index contributed by atoms with van der Waals surface area (Å²) in [6, 6.07) is 13.6. The van der Waals surface area contributed by atoms with Crippen molar-refractivity contribution in [3.63, 3.8) is 0 Å². The molecule has 1 aliphatic heterocycles. The Morgan fingerprint density at radius 3 is 2.43 bits per heavy atom. The lowest BCUT2D eigenvalue weighted by Crippen LogP contribution is -2.31. The van der Waals surface area contributed by atoms with Gasteiger partial charge in [-0.3, -0.25) is 0 Å². The van der Waals surface area contributed by atoms with Gasteiger partial charge in [0.05, 0.1) is 0 Å². The molecule has 3 nitrogen and oxygen atoms in total. The molecule has 0 amide bonds. The molecule has 2 aromatic carbocycles. The van der Waals surface area contributed by atoms with Gasteiger partial charge in [0.15, 0.2) is 0 Å². The van der Waals surface area contributed by atoms with Crippen molar-refractivity contribution in [1.29, 1.82) is 0 Å². The summed E-state index contributed by atoms with van der Waals surface area (Å²) in [5.74, 6) is 0.624. The predicted molar refractivity (Wildman–Crippen MR) is 97.8 cm³/mol. The average molecular weight is 416 g/mol. The summed E-state index contributed by atoms with van der Waals surface area (Å²) in [5, 5.41) is 9.42. The molecule has 0 aliphatic carbocycles. The van der Waals surface area contributed by atoms with Gasteiger partial charge in [0, 0.05) is 24.7 Å². The van der Waals surface area contributed by atoms with Gasteiger partial charge in [0.2, 0.25) is 0 Å². The van der Waals surface area contributed by atoms with Crippen molar-refractivity contribution < 1.29 is 5.11 Å². The van der Waals surface area contributed by atoms with Crippen LogP contribution in [0.15, 0.2) is 42.5 Å². The smallest absolute Gasteiger partial charge is 0.115 e. The van der Waals surface area contributed by atoms with Crippen LogP contribution in [-0.4, -0.2) is 23.6 Å². The Morgan fingerprint density at radius 2 is 1.76 bits per heavy atom. The molecule has 1 unspecified atom stereocenters. The van der Waals surface area contributed by atoms with Crippen LogP contribution in [0.1, 0.15) is 22.6 Å². The summed E-state index contributed by atoms with van der Waals surface area (Å²) in [7, 11) is 2.11. The first kappa shape index (κ1) is 18.0. The van der Waals surface area contributed by atoms with Gasteiger partial charge in [-0.2, -0.15) is 0 Å². The Kier molecular flexibility index (Phi) is 6.25. The van der Waals surface area contributed by atoms with E-state index in [1.165, 1.54) is 16.7 Å². The van der Waals surface area contributed by atoms with E-state index in [2.05, 4.69) is 18.0 Å². The normalized spacial score (nSPS) is 17.3. The Labute approximate surface area is 146 Å². The highest BCUT2D eigenvalue weighted by atomic mass is 79.9. The van der Waals surface area contributed by atoms with E-state index < -0.39 is 0 Å². The maximum Gasteiger partial charge on any atom is 0.115 e. The van der Waals surface area contributed by atoms with Gasteiger partial charge < -0.3 is 15.7 Å². The second-order valence-corrected chi connectivity index (χ2v) is 5.26. The van der Waals surface area contributed by atoms with Crippen LogP contribution in [-0.2, 0) is 6.54 Å². The van der Waals surface area contributed by atoms with E-state index in [-0.39, 0.29) is 34.0 Å². The molecular formula is C16H20Br2N2O. The standard InChI is InChI=1S/C16H18N2O.2BrH/c1-18-9-14(11-5-7-12(19)8-6-11)13-3-2-4-16(17)15(13)10-18;;/h2-8,14,19H,9-10,17H2,1H3;2*1H. The molecular weight excluding hydrogens is 396 g/mol. The fourth-order valence-corrected chi connectivity index (χ4v) is 2.87. The van der Waals surface area contributed by atoms with Gasteiger partial charge in [-0.05, 0) is 41.9 Å². The van der Waals surface area contributed by atoms with E-state index in [1.807, 2.05) is 24.3 Å². The lowest BCUT2D eigenvalue weighted by molar-refractivity contribution is 0.296. The number of halogens is 2. The number of rotatable bonds is 1. The van der Waals surface area contributed by atoms with E-state index in [0.29, 0.717) is 11.7 Å². The van der Waals surface area contributed by atoms with E-state index in [0.717, 1.165) is 18.8 Å². The number of hydrogen-bond donors (Lipinski definition) is 2. The van der Waals surface area contributed by atoms with E-state index in [9.17, 15) is 5.11 Å². The molecule has 2 aromatic rings. The molecule has 1 aliphatic rings.